The topological polar surface area (TPSA) is 62.5 Å². The minimum atomic E-state index is 0.000413. The summed E-state index contributed by atoms with van der Waals surface area (Å²) >= 11 is 0. The van der Waals surface area contributed by atoms with E-state index in [2.05, 4.69) is 29.4 Å². The van der Waals surface area contributed by atoms with Crippen molar-refractivity contribution in [1.82, 2.24) is 20.1 Å². The molecule has 1 aliphatic rings. The van der Waals surface area contributed by atoms with Crippen LogP contribution in [0.3, 0.4) is 0 Å². The van der Waals surface area contributed by atoms with Crippen LogP contribution in [0.25, 0.3) is 0 Å². The van der Waals surface area contributed by atoms with Crippen molar-refractivity contribution in [3.05, 3.63) is 54.4 Å². The molecular weight excluding hydrogens is 302 g/mol. The number of aromatic nitrogens is 2. The van der Waals surface area contributed by atoms with Crippen molar-refractivity contribution < 1.29 is 4.79 Å². The Bertz CT molecular complexity index is 695. The predicted octanol–water partition coefficient (Wildman–Crippen LogP) is 2.06. The largest absolute Gasteiger partial charge is 0.304 e. The molecule has 0 saturated heterocycles. The lowest BCUT2D eigenvalue weighted by molar-refractivity contribution is -0.129. The molecule has 1 N–H and O–H groups in total. The number of carbonyl (C=O) groups is 1. The van der Waals surface area contributed by atoms with E-state index in [0.717, 1.165) is 17.7 Å². The summed E-state index contributed by atoms with van der Waals surface area (Å²) in [5.41, 5.74) is 2.06. The van der Waals surface area contributed by atoms with Gasteiger partial charge in [-0.3, -0.25) is 9.48 Å². The Morgan fingerprint density at radius 1 is 1.25 bits per heavy atom. The first kappa shape index (κ1) is 16.4. The third-order valence-corrected chi connectivity index (χ3v) is 4.44. The second-order valence-corrected chi connectivity index (χ2v) is 6.08. The van der Waals surface area contributed by atoms with Crippen molar-refractivity contribution in [2.24, 2.45) is 5.10 Å². The number of rotatable bonds is 6. The molecule has 126 valence electrons. The van der Waals surface area contributed by atoms with Crippen molar-refractivity contribution >= 4 is 11.6 Å². The highest BCUT2D eigenvalue weighted by Crippen LogP contribution is 2.14. The highest BCUT2D eigenvalue weighted by molar-refractivity contribution is 6.02. The molecule has 1 aromatic carbocycles. The van der Waals surface area contributed by atoms with Gasteiger partial charge in [-0.05, 0) is 25.5 Å². The average Bonchev–Trinajstić information content (AvgIpc) is 3.31. The molecule has 6 heteroatoms. The monoisotopic (exact) mass is 325 g/mol. The smallest absolute Gasteiger partial charge is 0.256 e. The van der Waals surface area contributed by atoms with Gasteiger partial charge in [0.2, 0.25) is 0 Å². The number of amides is 1. The van der Waals surface area contributed by atoms with Gasteiger partial charge in [0.05, 0.1) is 24.8 Å². The maximum absolute atomic E-state index is 12.4. The summed E-state index contributed by atoms with van der Waals surface area (Å²) in [5, 5.41) is 13.6. The van der Waals surface area contributed by atoms with Crippen LogP contribution < -0.4 is 5.32 Å². The van der Waals surface area contributed by atoms with Crippen LogP contribution in [-0.2, 0) is 4.79 Å². The van der Waals surface area contributed by atoms with Crippen LogP contribution in [0.4, 0.5) is 0 Å². The molecule has 0 unspecified atom stereocenters. The second-order valence-electron chi connectivity index (χ2n) is 6.08. The third kappa shape index (κ3) is 3.71. The minimum absolute atomic E-state index is 0.000413. The van der Waals surface area contributed by atoms with Gasteiger partial charge in [-0.1, -0.05) is 30.3 Å². The summed E-state index contributed by atoms with van der Waals surface area (Å²) < 4.78 is 1.89. The molecule has 0 fully saturated rings. The molecular formula is C18H23N5O. The van der Waals surface area contributed by atoms with Gasteiger partial charge in [-0.15, -0.1) is 0 Å². The Balaban J connectivity index is 1.53. The van der Waals surface area contributed by atoms with E-state index < -0.39 is 0 Å². The van der Waals surface area contributed by atoms with Crippen molar-refractivity contribution in [3.8, 4) is 0 Å². The van der Waals surface area contributed by atoms with E-state index in [-0.39, 0.29) is 24.5 Å². The zero-order valence-electron chi connectivity index (χ0n) is 14.1. The number of nitrogens with one attached hydrogen (secondary N) is 1. The molecule has 1 aromatic heterocycles. The maximum atomic E-state index is 12.4. The predicted molar refractivity (Wildman–Crippen MR) is 93.7 cm³/mol. The first-order valence-corrected chi connectivity index (χ1v) is 8.31. The summed E-state index contributed by atoms with van der Waals surface area (Å²) in [6.07, 6.45) is 4.50. The van der Waals surface area contributed by atoms with Gasteiger partial charge in [0, 0.05) is 24.9 Å². The fourth-order valence-electron chi connectivity index (χ4n) is 2.73. The second kappa shape index (κ2) is 7.40. The summed E-state index contributed by atoms with van der Waals surface area (Å²) in [4.78, 5) is 12.4. The molecule has 0 bridgehead atoms. The van der Waals surface area contributed by atoms with Crippen molar-refractivity contribution in [1.29, 1.82) is 0 Å². The zero-order valence-corrected chi connectivity index (χ0v) is 14.1. The number of benzene rings is 1. The van der Waals surface area contributed by atoms with Gasteiger partial charge in [0.1, 0.15) is 0 Å². The molecule has 1 aliphatic heterocycles. The molecule has 2 atom stereocenters. The molecule has 0 spiro atoms. The van der Waals surface area contributed by atoms with Gasteiger partial charge >= 0.3 is 0 Å². The van der Waals surface area contributed by atoms with E-state index in [9.17, 15) is 4.79 Å². The molecule has 0 radical (unpaired) electrons. The lowest BCUT2D eigenvalue weighted by Crippen LogP contribution is -2.41. The van der Waals surface area contributed by atoms with Crippen LogP contribution in [-0.4, -0.2) is 45.5 Å². The molecule has 2 aromatic rings. The number of hydrazone groups is 1. The molecule has 1 amide bonds. The van der Waals surface area contributed by atoms with E-state index >= 15 is 0 Å². The van der Waals surface area contributed by atoms with Crippen LogP contribution in [0.1, 0.15) is 31.9 Å². The van der Waals surface area contributed by atoms with Gasteiger partial charge in [-0.25, -0.2) is 5.01 Å². The Morgan fingerprint density at radius 2 is 2.04 bits per heavy atom. The third-order valence-electron chi connectivity index (χ3n) is 4.44. The average molecular weight is 325 g/mol. The van der Waals surface area contributed by atoms with E-state index in [1.54, 1.807) is 11.2 Å². The minimum Gasteiger partial charge on any atom is -0.304 e. The van der Waals surface area contributed by atoms with Crippen LogP contribution in [0.15, 0.2) is 53.9 Å². The van der Waals surface area contributed by atoms with Crippen LogP contribution >= 0.6 is 0 Å². The molecule has 2 heterocycles. The highest BCUT2D eigenvalue weighted by atomic mass is 16.2. The van der Waals surface area contributed by atoms with Crippen LogP contribution in [0, 0.1) is 0 Å². The molecule has 0 saturated carbocycles. The fraction of sp³-hybridized carbons (Fsp3) is 0.389. The number of carbonyl (C=O) groups excluding carboxylic acids is 1. The SMILES string of the molecule is C[C@H](NCC(=O)N1CCC(c2ccccc2)=N1)[C@@H](C)n1cccn1. The lowest BCUT2D eigenvalue weighted by Gasteiger charge is -2.22. The lowest BCUT2D eigenvalue weighted by atomic mass is 10.1. The molecule has 0 aliphatic carbocycles. The normalized spacial score (nSPS) is 16.8. The quantitative estimate of drug-likeness (QED) is 0.884. The Kier molecular flexibility index (Phi) is 5.05. The van der Waals surface area contributed by atoms with E-state index in [0.29, 0.717) is 6.54 Å². The van der Waals surface area contributed by atoms with Gasteiger partial charge in [0.25, 0.3) is 5.91 Å². The summed E-state index contributed by atoms with van der Waals surface area (Å²) in [7, 11) is 0. The molecule has 24 heavy (non-hydrogen) atoms. The zero-order chi connectivity index (χ0) is 16.9. The fourth-order valence-corrected chi connectivity index (χ4v) is 2.73. The van der Waals surface area contributed by atoms with E-state index in [1.165, 1.54) is 0 Å². The maximum Gasteiger partial charge on any atom is 0.256 e. The van der Waals surface area contributed by atoms with Gasteiger partial charge < -0.3 is 5.32 Å². The molecule has 6 nitrogen and oxygen atoms in total. The number of hydrogen-bond acceptors (Lipinski definition) is 4. The Hall–Kier alpha value is -2.47. The summed E-state index contributed by atoms with van der Waals surface area (Å²) in [6, 6.07) is 12.2. The Labute approximate surface area is 142 Å². The van der Waals surface area contributed by atoms with E-state index in [4.69, 9.17) is 0 Å². The Morgan fingerprint density at radius 3 is 2.75 bits per heavy atom. The number of nitrogens with zero attached hydrogens (tertiary/aromatic N) is 4. The van der Waals surface area contributed by atoms with Crippen molar-refractivity contribution in [2.75, 3.05) is 13.1 Å². The highest BCUT2D eigenvalue weighted by Gasteiger charge is 2.22. The first-order chi connectivity index (χ1) is 11.6. The van der Waals surface area contributed by atoms with Gasteiger partial charge in [-0.2, -0.15) is 10.2 Å². The standard InChI is InChI=1S/C18H23N5O/c1-14(15(2)22-11-6-10-20-22)19-13-18(24)23-12-9-17(21-23)16-7-4-3-5-8-16/h3-8,10-11,14-15,19H,9,12-13H2,1-2H3/t14-,15+/m0/s1. The summed E-state index contributed by atoms with van der Waals surface area (Å²) in [5.74, 6) is 0.000413. The van der Waals surface area contributed by atoms with Gasteiger partial charge in [0.15, 0.2) is 0 Å². The van der Waals surface area contributed by atoms with Crippen LogP contribution in [0.5, 0.6) is 0 Å². The molecule has 3 rings (SSSR count). The van der Waals surface area contributed by atoms with Crippen LogP contribution in [0.2, 0.25) is 0 Å². The van der Waals surface area contributed by atoms with Crippen molar-refractivity contribution in [3.63, 3.8) is 0 Å². The number of hydrogen-bond donors (Lipinski definition) is 1. The van der Waals surface area contributed by atoms with Crippen molar-refractivity contribution in [2.45, 2.75) is 32.4 Å². The first-order valence-electron chi connectivity index (χ1n) is 8.31. The summed E-state index contributed by atoms with van der Waals surface area (Å²) in [6.45, 7) is 5.06. The van der Waals surface area contributed by atoms with E-state index in [1.807, 2.05) is 47.3 Å².